The topological polar surface area (TPSA) is 20.7 Å². The number of para-hydroxylation sites is 2. The number of hydrogen-bond acceptors (Lipinski definition) is 0. The van der Waals surface area contributed by atoms with Crippen LogP contribution in [-0.2, 0) is 7.05 Å². The first-order chi connectivity index (χ1) is 16.2. The normalized spacial score (nSPS) is 12.4. The second-order valence-electron chi connectivity index (χ2n) is 8.76. The van der Waals surface area contributed by atoms with Crippen molar-refractivity contribution in [2.45, 2.75) is 12.8 Å². The summed E-state index contributed by atoms with van der Waals surface area (Å²) in [6.45, 7) is 2.21. The van der Waals surface area contributed by atoms with Crippen molar-refractivity contribution in [3.05, 3.63) is 132 Å². The summed E-state index contributed by atoms with van der Waals surface area (Å²) in [7, 11) is 2.19. The average Bonchev–Trinajstić information content (AvgIpc) is 3.35. The monoisotopic (exact) mass is 426 g/mol. The number of fused-ring (bicyclic) bond motifs is 2. The predicted octanol–water partition coefficient (Wildman–Crippen LogP) is 7.82. The molecule has 33 heavy (non-hydrogen) atoms. The van der Waals surface area contributed by atoms with Crippen LogP contribution in [-0.4, -0.2) is 9.55 Å². The van der Waals surface area contributed by atoms with Crippen molar-refractivity contribution in [2.24, 2.45) is 7.05 Å². The summed E-state index contributed by atoms with van der Waals surface area (Å²) >= 11 is 0. The molecule has 0 bridgehead atoms. The zero-order valence-electron chi connectivity index (χ0n) is 18.9. The summed E-state index contributed by atoms with van der Waals surface area (Å²) < 4.78 is 2.36. The molecule has 6 rings (SSSR count). The molecule has 2 heterocycles. The van der Waals surface area contributed by atoms with E-state index >= 15 is 0 Å². The van der Waals surface area contributed by atoms with Crippen LogP contribution in [0.1, 0.15) is 28.3 Å². The lowest BCUT2D eigenvalue weighted by molar-refractivity contribution is 0.934. The fourth-order valence-electron chi connectivity index (χ4n) is 5.45. The number of aromatic amines is 1. The lowest BCUT2D eigenvalue weighted by Crippen LogP contribution is -2.06. The molecule has 1 atom stereocenters. The zero-order chi connectivity index (χ0) is 22.4. The molecule has 0 aliphatic rings. The van der Waals surface area contributed by atoms with Crippen LogP contribution in [0.3, 0.4) is 0 Å². The van der Waals surface area contributed by atoms with Gasteiger partial charge in [0.2, 0.25) is 0 Å². The van der Waals surface area contributed by atoms with Crippen molar-refractivity contribution < 1.29 is 0 Å². The molecule has 0 radical (unpaired) electrons. The zero-order valence-corrected chi connectivity index (χ0v) is 18.9. The molecule has 0 aliphatic carbocycles. The molecule has 160 valence electrons. The van der Waals surface area contributed by atoms with E-state index in [9.17, 15) is 0 Å². The minimum Gasteiger partial charge on any atom is -0.358 e. The van der Waals surface area contributed by atoms with E-state index in [1.165, 1.54) is 55.4 Å². The molecule has 0 spiro atoms. The molecular weight excluding hydrogens is 400 g/mol. The second-order valence-corrected chi connectivity index (χ2v) is 8.76. The van der Waals surface area contributed by atoms with E-state index in [4.69, 9.17) is 0 Å². The van der Waals surface area contributed by atoms with Gasteiger partial charge in [-0.1, -0.05) is 97.1 Å². The Labute approximate surface area is 194 Å². The summed E-state index contributed by atoms with van der Waals surface area (Å²) in [4.78, 5) is 3.65. The molecule has 1 unspecified atom stereocenters. The Kier molecular flexibility index (Phi) is 4.66. The van der Waals surface area contributed by atoms with E-state index in [-0.39, 0.29) is 5.92 Å². The van der Waals surface area contributed by atoms with Crippen LogP contribution in [0.4, 0.5) is 0 Å². The van der Waals surface area contributed by atoms with Gasteiger partial charge >= 0.3 is 0 Å². The molecule has 0 aliphatic heterocycles. The van der Waals surface area contributed by atoms with Crippen molar-refractivity contribution >= 4 is 21.8 Å². The second kappa shape index (κ2) is 7.83. The molecule has 4 aromatic carbocycles. The van der Waals surface area contributed by atoms with Crippen molar-refractivity contribution in [1.29, 1.82) is 0 Å². The van der Waals surface area contributed by atoms with Crippen LogP contribution in [0.5, 0.6) is 0 Å². The molecule has 0 fully saturated rings. The molecule has 0 saturated carbocycles. The molecule has 2 heteroatoms. The average molecular weight is 427 g/mol. The first-order valence-electron chi connectivity index (χ1n) is 11.5. The van der Waals surface area contributed by atoms with Crippen LogP contribution in [0.25, 0.3) is 33.1 Å². The summed E-state index contributed by atoms with van der Waals surface area (Å²) in [5, 5.41) is 2.59. The Morgan fingerprint density at radius 1 is 0.636 bits per heavy atom. The van der Waals surface area contributed by atoms with Gasteiger partial charge in [-0.05, 0) is 41.3 Å². The van der Waals surface area contributed by atoms with Gasteiger partial charge < -0.3 is 9.55 Å². The van der Waals surface area contributed by atoms with E-state index in [1.54, 1.807) is 0 Å². The highest BCUT2D eigenvalue weighted by Gasteiger charge is 2.29. The fraction of sp³-hybridized carbons (Fsp3) is 0.0968. The Bertz CT molecular complexity index is 1570. The first-order valence-corrected chi connectivity index (χ1v) is 11.5. The lowest BCUT2D eigenvalue weighted by Gasteiger charge is -2.21. The van der Waals surface area contributed by atoms with E-state index < -0.39 is 0 Å². The van der Waals surface area contributed by atoms with Gasteiger partial charge in [-0.3, -0.25) is 0 Å². The van der Waals surface area contributed by atoms with Crippen LogP contribution >= 0.6 is 0 Å². The number of aromatic nitrogens is 2. The number of hydrogen-bond donors (Lipinski definition) is 1. The summed E-state index contributed by atoms with van der Waals surface area (Å²) in [5.41, 5.74) is 10.2. The minimum absolute atomic E-state index is 0.101. The minimum atomic E-state index is 0.101. The quantitative estimate of drug-likeness (QED) is 0.297. The van der Waals surface area contributed by atoms with Crippen molar-refractivity contribution in [3.63, 3.8) is 0 Å². The third-order valence-corrected chi connectivity index (χ3v) is 6.85. The standard InChI is InChI=1S/C31H26N2/c1-21-28(24-17-9-11-19-26(24)32-21)29(22-13-5-3-6-14-22)30-25-18-10-12-20-27(25)33(2)31(30)23-15-7-4-8-16-23/h3-20,29,32H,1-2H3. The van der Waals surface area contributed by atoms with Crippen molar-refractivity contribution in [1.82, 2.24) is 9.55 Å². The van der Waals surface area contributed by atoms with E-state index in [0.29, 0.717) is 0 Å². The fourth-order valence-corrected chi connectivity index (χ4v) is 5.45. The van der Waals surface area contributed by atoms with Gasteiger partial charge in [0.05, 0.1) is 5.69 Å². The van der Waals surface area contributed by atoms with Crippen LogP contribution in [0.15, 0.2) is 109 Å². The maximum Gasteiger partial charge on any atom is 0.0530 e. The van der Waals surface area contributed by atoms with Crippen LogP contribution in [0.2, 0.25) is 0 Å². The summed E-state index contributed by atoms with van der Waals surface area (Å²) in [6, 6.07) is 39.2. The molecule has 6 aromatic rings. The van der Waals surface area contributed by atoms with Crippen molar-refractivity contribution in [2.75, 3.05) is 0 Å². The number of nitrogens with zero attached hydrogens (tertiary/aromatic N) is 1. The maximum atomic E-state index is 3.65. The van der Waals surface area contributed by atoms with Gasteiger partial charge in [0.15, 0.2) is 0 Å². The molecule has 0 amide bonds. The predicted molar refractivity (Wildman–Crippen MR) is 139 cm³/mol. The number of H-pyrrole nitrogens is 1. The highest BCUT2D eigenvalue weighted by molar-refractivity contribution is 5.95. The Morgan fingerprint density at radius 3 is 2.00 bits per heavy atom. The Hall–Kier alpha value is -4.04. The summed E-state index contributed by atoms with van der Waals surface area (Å²) in [6.07, 6.45) is 0. The van der Waals surface area contributed by atoms with Crippen LogP contribution < -0.4 is 0 Å². The molecule has 2 aromatic heterocycles. The number of nitrogens with one attached hydrogen (secondary N) is 1. The maximum absolute atomic E-state index is 3.65. The van der Waals surface area contributed by atoms with Gasteiger partial charge in [0.1, 0.15) is 0 Å². The summed E-state index contributed by atoms with van der Waals surface area (Å²) in [5.74, 6) is 0.101. The number of benzene rings is 4. The smallest absolute Gasteiger partial charge is 0.0530 e. The van der Waals surface area contributed by atoms with Gasteiger partial charge in [0.25, 0.3) is 0 Å². The van der Waals surface area contributed by atoms with Crippen LogP contribution in [0, 0.1) is 6.92 Å². The van der Waals surface area contributed by atoms with Gasteiger partial charge in [-0.25, -0.2) is 0 Å². The number of rotatable bonds is 4. The molecule has 2 nitrogen and oxygen atoms in total. The molecular formula is C31H26N2. The SMILES string of the molecule is Cc1[nH]c2ccccc2c1C(c1ccccc1)c1c(-c2ccccc2)n(C)c2ccccc12. The molecule has 1 N–H and O–H groups in total. The first kappa shape index (κ1) is 19.6. The lowest BCUT2D eigenvalue weighted by atomic mass is 9.81. The number of aryl methyl sites for hydroxylation is 2. The highest BCUT2D eigenvalue weighted by Crippen LogP contribution is 2.46. The Balaban J connectivity index is 1.77. The van der Waals surface area contributed by atoms with E-state index in [1.807, 2.05) is 0 Å². The van der Waals surface area contributed by atoms with E-state index in [0.717, 1.165) is 0 Å². The Morgan fingerprint density at radius 2 is 1.24 bits per heavy atom. The van der Waals surface area contributed by atoms with Gasteiger partial charge in [-0.2, -0.15) is 0 Å². The largest absolute Gasteiger partial charge is 0.358 e. The third-order valence-electron chi connectivity index (χ3n) is 6.85. The molecule has 0 saturated heterocycles. The third kappa shape index (κ3) is 3.10. The van der Waals surface area contributed by atoms with Crippen molar-refractivity contribution in [3.8, 4) is 11.3 Å². The van der Waals surface area contributed by atoms with E-state index in [2.05, 4.69) is 133 Å². The van der Waals surface area contributed by atoms with Gasteiger partial charge in [-0.15, -0.1) is 0 Å². The van der Waals surface area contributed by atoms with Gasteiger partial charge in [0, 0.05) is 40.5 Å². The highest BCUT2D eigenvalue weighted by atomic mass is 15.0.